The first kappa shape index (κ1) is 51.2. The molecule has 376 valence electrons. The number of fused-ring (bicyclic) bond motifs is 1. The lowest BCUT2D eigenvalue weighted by Gasteiger charge is -2.27. The van der Waals surface area contributed by atoms with Crippen LogP contribution >= 0.6 is 0 Å². The highest BCUT2D eigenvalue weighted by molar-refractivity contribution is 6.07. The normalized spacial score (nSPS) is 14.2. The van der Waals surface area contributed by atoms with Gasteiger partial charge < -0.3 is 35.0 Å². The second-order valence-corrected chi connectivity index (χ2v) is 17.4. The van der Waals surface area contributed by atoms with Crippen LogP contribution in [0.4, 0.5) is 29.5 Å². The number of pyridine rings is 1. The number of nitrogens with two attached hydrogens (primary N) is 1. The number of nitrogens with zero attached hydrogens (tertiary/aromatic N) is 7. The Morgan fingerprint density at radius 1 is 1.00 bits per heavy atom. The Morgan fingerprint density at radius 2 is 1.75 bits per heavy atom. The van der Waals surface area contributed by atoms with Gasteiger partial charge in [0.15, 0.2) is 11.4 Å². The first-order valence-corrected chi connectivity index (χ1v) is 22.4. The molecule has 0 saturated carbocycles. The zero-order valence-electron chi connectivity index (χ0n) is 39.2. The molecular weight excluding hydrogens is 936 g/mol. The van der Waals surface area contributed by atoms with Crippen LogP contribution in [0.1, 0.15) is 78.2 Å². The van der Waals surface area contributed by atoms with Crippen molar-refractivity contribution in [2.75, 3.05) is 49.7 Å². The highest BCUT2D eigenvalue weighted by atomic mass is 19.4. The van der Waals surface area contributed by atoms with Crippen molar-refractivity contribution < 1.29 is 55.8 Å². The molecule has 1 saturated heterocycles. The zero-order chi connectivity index (χ0) is 51.0. The Balaban J connectivity index is 0.841. The summed E-state index contributed by atoms with van der Waals surface area (Å²) in [6, 6.07) is 14.6. The quantitative estimate of drug-likeness (QED) is 0.0582. The molecule has 5 N–H and O–H groups in total. The third-order valence-electron chi connectivity index (χ3n) is 10.9. The molecule has 24 heteroatoms. The highest BCUT2D eigenvalue weighted by Gasteiger charge is 2.37. The van der Waals surface area contributed by atoms with Crippen molar-refractivity contribution in [1.82, 2.24) is 39.5 Å². The van der Waals surface area contributed by atoms with Crippen molar-refractivity contribution in [2.24, 2.45) is 12.8 Å². The number of primary amides is 1. The van der Waals surface area contributed by atoms with Crippen molar-refractivity contribution in [2.45, 2.75) is 70.8 Å². The lowest BCUT2D eigenvalue weighted by atomic mass is 10.0. The molecule has 71 heavy (non-hydrogen) atoms. The summed E-state index contributed by atoms with van der Waals surface area (Å²) in [6.07, 6.45) is -0.722. The van der Waals surface area contributed by atoms with Gasteiger partial charge in [-0.2, -0.15) is 18.3 Å². The molecular formula is C47H52F3N11O10. The van der Waals surface area contributed by atoms with E-state index in [1.807, 2.05) is 30.3 Å². The predicted molar refractivity (Wildman–Crippen MR) is 250 cm³/mol. The van der Waals surface area contributed by atoms with Crippen LogP contribution in [0.25, 0.3) is 28.2 Å². The fraction of sp³-hybridized carbons (Fsp3) is 0.383. The summed E-state index contributed by atoms with van der Waals surface area (Å²) in [4.78, 5) is 84.2. The standard InChI is InChI=1S/C47H52F3N11O10/c1-46(2,3)71-45(67)59(27-47(48,49)50)36-23-30(16-17-53-36)43-55-33(26-70-43)41(64)54-32-25-60(57-38(32)40(51)63)31-12-10-28(11-13-31)24-52-18-20-69-22-21-68-19-6-8-29-7-5-9-34-39(29)58(4)44(66)61(34)35-14-15-37(62)56-42(35)65/h5,7,9-13,16-17,23,25-26,35,52H,6,8,14-15,18-22,24,27H2,1-4H3,(H2,51,63)(H,54,64)(H,56,62,65). The number of rotatable bonds is 20. The number of nitrogens with one attached hydrogen (secondary N) is 3. The van der Waals surface area contributed by atoms with Gasteiger partial charge in [0.2, 0.25) is 17.7 Å². The Morgan fingerprint density at radius 3 is 2.45 bits per heavy atom. The number of aromatic nitrogens is 6. The lowest BCUT2D eigenvalue weighted by molar-refractivity contribution is -0.135. The molecule has 0 bridgehead atoms. The van der Waals surface area contributed by atoms with Gasteiger partial charge in [0.1, 0.15) is 30.3 Å². The summed E-state index contributed by atoms with van der Waals surface area (Å²) in [6.45, 7) is 5.66. The molecule has 1 aliphatic rings. The summed E-state index contributed by atoms with van der Waals surface area (Å²) in [5.74, 6) is -3.13. The number of para-hydroxylation sites is 1. The molecule has 7 rings (SSSR count). The number of hydrogen-bond donors (Lipinski definition) is 4. The number of imidazole rings is 1. The minimum absolute atomic E-state index is 0.0297. The molecule has 1 fully saturated rings. The number of aryl methyl sites for hydroxylation is 2. The van der Waals surface area contributed by atoms with E-state index in [2.05, 4.69) is 31.0 Å². The van der Waals surface area contributed by atoms with E-state index in [1.165, 1.54) is 42.3 Å². The number of halogens is 3. The van der Waals surface area contributed by atoms with Crippen LogP contribution in [0.3, 0.4) is 0 Å². The fourth-order valence-corrected chi connectivity index (χ4v) is 7.69. The topological polar surface area (TPSA) is 262 Å². The average molecular weight is 988 g/mol. The summed E-state index contributed by atoms with van der Waals surface area (Å²) in [5.41, 5.74) is 7.60. The van der Waals surface area contributed by atoms with Crippen LogP contribution in [0, 0.1) is 0 Å². The summed E-state index contributed by atoms with van der Waals surface area (Å²) in [7, 11) is 1.68. The molecule has 1 aliphatic heterocycles. The number of alkyl halides is 3. The molecule has 0 aliphatic carbocycles. The van der Waals surface area contributed by atoms with Crippen molar-refractivity contribution >= 4 is 52.3 Å². The fourth-order valence-electron chi connectivity index (χ4n) is 7.69. The molecule has 21 nitrogen and oxygen atoms in total. The Kier molecular flexibility index (Phi) is 15.8. The maximum Gasteiger partial charge on any atom is 0.416 e. The largest absolute Gasteiger partial charge is 0.444 e. The summed E-state index contributed by atoms with van der Waals surface area (Å²) in [5, 5.41) is 12.4. The zero-order valence-corrected chi connectivity index (χ0v) is 39.2. The first-order valence-electron chi connectivity index (χ1n) is 22.4. The smallest absolute Gasteiger partial charge is 0.416 e. The SMILES string of the molecule is Cn1c(=O)n(C2CCC(=O)NC2=O)c2cccc(CCCOCCOCCNCc3ccc(-n4cc(NC(=O)c5coc(-c6ccnc(N(CC(F)(F)F)C(=O)OC(C)(C)C)c6)n5)c(C(N)=O)n4)cc3)c21. The monoisotopic (exact) mass is 987 g/mol. The Labute approximate surface area is 403 Å². The predicted octanol–water partition coefficient (Wildman–Crippen LogP) is 4.96. The number of amides is 5. The third-order valence-corrected chi connectivity index (χ3v) is 10.9. The minimum Gasteiger partial charge on any atom is -0.444 e. The molecule has 5 heterocycles. The van der Waals surface area contributed by atoms with E-state index in [1.54, 1.807) is 23.7 Å². The van der Waals surface area contributed by atoms with Crippen LogP contribution in [0.15, 0.2) is 82.5 Å². The number of ether oxygens (including phenoxy) is 3. The van der Waals surface area contributed by atoms with Crippen LogP contribution in [0.2, 0.25) is 0 Å². The third kappa shape index (κ3) is 12.9. The Hall–Kier alpha value is -7.70. The molecule has 4 aromatic heterocycles. The number of anilines is 2. The lowest BCUT2D eigenvalue weighted by Crippen LogP contribution is -2.44. The number of piperidine rings is 1. The minimum atomic E-state index is -4.78. The number of benzene rings is 2. The van der Waals surface area contributed by atoms with Gasteiger partial charge in [-0.25, -0.2) is 24.2 Å². The van der Waals surface area contributed by atoms with E-state index in [4.69, 9.17) is 24.4 Å². The van der Waals surface area contributed by atoms with Gasteiger partial charge >= 0.3 is 18.0 Å². The van der Waals surface area contributed by atoms with Gasteiger partial charge in [-0.1, -0.05) is 24.3 Å². The van der Waals surface area contributed by atoms with Gasteiger partial charge in [0, 0.05) is 44.9 Å². The van der Waals surface area contributed by atoms with Crippen LogP contribution < -0.4 is 32.3 Å². The van der Waals surface area contributed by atoms with Gasteiger partial charge in [-0.15, -0.1) is 0 Å². The molecule has 1 unspecified atom stereocenters. The average Bonchev–Trinajstić information content (AvgIpc) is 4.04. The molecule has 6 aromatic rings. The number of oxazole rings is 1. The molecule has 2 aromatic carbocycles. The number of hydrogen-bond acceptors (Lipinski definition) is 14. The van der Waals surface area contributed by atoms with Gasteiger partial charge in [-0.3, -0.25) is 38.5 Å². The highest BCUT2D eigenvalue weighted by Crippen LogP contribution is 2.29. The van der Waals surface area contributed by atoms with Gasteiger partial charge in [0.05, 0.1) is 48.4 Å². The van der Waals surface area contributed by atoms with Crippen LogP contribution in [0.5, 0.6) is 0 Å². The van der Waals surface area contributed by atoms with E-state index < -0.39 is 54.0 Å². The molecule has 5 amide bonds. The van der Waals surface area contributed by atoms with Crippen molar-refractivity contribution in [3.63, 3.8) is 0 Å². The van der Waals surface area contributed by atoms with Gasteiger partial charge in [0.25, 0.3) is 11.8 Å². The van der Waals surface area contributed by atoms with Crippen LogP contribution in [-0.4, -0.2) is 110 Å². The first-order chi connectivity index (χ1) is 33.8. The number of carbonyl (C=O) groups is 5. The van der Waals surface area contributed by atoms with Crippen molar-refractivity contribution in [3.05, 3.63) is 106 Å². The Bertz CT molecular complexity index is 2970. The van der Waals surface area contributed by atoms with E-state index in [-0.39, 0.29) is 53.0 Å². The van der Waals surface area contributed by atoms with Crippen molar-refractivity contribution in [3.8, 4) is 17.1 Å². The van der Waals surface area contributed by atoms with E-state index >= 15 is 0 Å². The number of imide groups is 1. The second-order valence-electron chi connectivity index (χ2n) is 17.4. The van der Waals surface area contributed by atoms with Crippen molar-refractivity contribution in [1.29, 1.82) is 0 Å². The maximum absolute atomic E-state index is 13.5. The van der Waals surface area contributed by atoms with Gasteiger partial charge in [-0.05, 0) is 81.5 Å². The summed E-state index contributed by atoms with van der Waals surface area (Å²) < 4.78 is 66.9. The molecule has 0 radical (unpaired) electrons. The van der Waals surface area contributed by atoms with E-state index in [0.29, 0.717) is 68.5 Å². The molecule has 1 atom stereocenters. The van der Waals surface area contributed by atoms with Crippen LogP contribution in [-0.2, 0) is 43.8 Å². The summed E-state index contributed by atoms with van der Waals surface area (Å²) >= 11 is 0. The second kappa shape index (κ2) is 21.9. The van der Waals surface area contributed by atoms with E-state index in [0.717, 1.165) is 35.2 Å². The van der Waals surface area contributed by atoms with E-state index in [9.17, 15) is 41.9 Å². The number of carbonyl (C=O) groups excluding carboxylic acids is 5. The maximum atomic E-state index is 13.5. The molecule has 0 spiro atoms.